The predicted molar refractivity (Wildman–Crippen MR) is 145 cm³/mol. The van der Waals surface area contributed by atoms with Gasteiger partial charge in [-0.3, -0.25) is 15.0 Å². The average Bonchev–Trinajstić information content (AvgIpc) is 3.40. The minimum absolute atomic E-state index is 0.00437. The van der Waals surface area contributed by atoms with E-state index in [2.05, 4.69) is 10.3 Å². The van der Waals surface area contributed by atoms with Gasteiger partial charge in [0.25, 0.3) is 5.91 Å². The molecule has 0 saturated carbocycles. The minimum Gasteiger partial charge on any atom is -0.377 e. The van der Waals surface area contributed by atoms with Gasteiger partial charge >= 0.3 is 0 Å². The number of hydrogen-bond acceptors (Lipinski definition) is 5. The highest BCUT2D eigenvalue weighted by Gasteiger charge is 2.22. The molecule has 2 aromatic carbocycles. The van der Waals surface area contributed by atoms with Crippen LogP contribution in [0.25, 0.3) is 0 Å². The molecule has 2 N–H and O–H groups in total. The Labute approximate surface area is 220 Å². The zero-order valence-electron chi connectivity index (χ0n) is 20.1. The summed E-state index contributed by atoms with van der Waals surface area (Å²) in [6.07, 6.45) is 3.64. The van der Waals surface area contributed by atoms with Crippen LogP contribution in [0.2, 0.25) is 10.0 Å². The molecule has 186 valence electrons. The van der Waals surface area contributed by atoms with E-state index in [0.717, 1.165) is 31.5 Å². The first-order valence-corrected chi connectivity index (χ1v) is 12.4. The third-order valence-electron chi connectivity index (χ3n) is 6.13. The number of Topliss-reactive ketones (excluding diaryl/α,β-unsaturated/α-hetero) is 1. The van der Waals surface area contributed by atoms with Crippen LogP contribution in [0.1, 0.15) is 44.7 Å². The lowest BCUT2D eigenvalue weighted by Gasteiger charge is -2.21. The van der Waals surface area contributed by atoms with E-state index in [0.29, 0.717) is 44.1 Å². The predicted octanol–water partition coefficient (Wildman–Crippen LogP) is 5.55. The van der Waals surface area contributed by atoms with Crippen LogP contribution >= 0.6 is 23.2 Å². The van der Waals surface area contributed by atoms with Crippen LogP contribution in [-0.2, 0) is 6.42 Å². The molecule has 4 rings (SSSR count). The lowest BCUT2D eigenvalue weighted by molar-refractivity contribution is 0.0992. The minimum atomic E-state index is -0.423. The molecule has 36 heavy (non-hydrogen) atoms. The number of ketones is 1. The van der Waals surface area contributed by atoms with Crippen LogP contribution < -0.4 is 10.2 Å². The second-order valence-electron chi connectivity index (χ2n) is 8.88. The van der Waals surface area contributed by atoms with Gasteiger partial charge in [-0.1, -0.05) is 47.5 Å². The van der Waals surface area contributed by atoms with Crippen LogP contribution in [0.4, 0.5) is 11.5 Å². The summed E-state index contributed by atoms with van der Waals surface area (Å²) in [5, 5.41) is 12.0. The number of rotatable bonds is 7. The normalized spacial score (nSPS) is 12.9. The van der Waals surface area contributed by atoms with Gasteiger partial charge in [-0.25, -0.2) is 4.98 Å². The van der Waals surface area contributed by atoms with Gasteiger partial charge < -0.3 is 15.1 Å². The standard InChI is InChI=1S/C27H27Cl2N5O2/c1-33(2)23-14-20(29)13-22(27(36)32-25-10-9-19(28)16-31-25)21(23)15-24(35)17-5-7-18(8-6-17)26(30)34-11-3-4-12-34/h5-10,13-14,16,30H,3-4,11-12,15H2,1-2H3,(H,31,32,36). The van der Waals surface area contributed by atoms with E-state index >= 15 is 0 Å². The highest BCUT2D eigenvalue weighted by molar-refractivity contribution is 6.31. The molecule has 0 bridgehead atoms. The van der Waals surface area contributed by atoms with E-state index in [9.17, 15) is 9.59 Å². The Kier molecular flexibility index (Phi) is 7.91. The number of benzene rings is 2. The van der Waals surface area contributed by atoms with E-state index in [-0.39, 0.29) is 12.2 Å². The fourth-order valence-electron chi connectivity index (χ4n) is 4.24. The Morgan fingerprint density at radius 2 is 1.67 bits per heavy atom. The topological polar surface area (TPSA) is 89.4 Å². The number of halogens is 2. The van der Waals surface area contributed by atoms with Gasteiger partial charge in [0, 0.05) is 67.2 Å². The average molecular weight is 524 g/mol. The molecule has 0 aliphatic carbocycles. The second kappa shape index (κ2) is 11.1. The molecule has 1 amide bonds. The number of nitrogens with zero attached hydrogens (tertiary/aromatic N) is 3. The first kappa shape index (κ1) is 25.7. The van der Waals surface area contributed by atoms with Crippen molar-refractivity contribution in [1.82, 2.24) is 9.88 Å². The van der Waals surface area contributed by atoms with E-state index in [1.54, 1.807) is 36.4 Å². The van der Waals surface area contributed by atoms with Crippen molar-refractivity contribution in [3.8, 4) is 0 Å². The number of carbonyl (C=O) groups is 2. The quantitative estimate of drug-likeness (QED) is 0.240. The second-order valence-corrected chi connectivity index (χ2v) is 9.75. The molecule has 1 saturated heterocycles. The van der Waals surface area contributed by atoms with Crippen molar-refractivity contribution in [2.45, 2.75) is 19.3 Å². The zero-order valence-corrected chi connectivity index (χ0v) is 21.7. The highest BCUT2D eigenvalue weighted by atomic mass is 35.5. The summed E-state index contributed by atoms with van der Waals surface area (Å²) in [4.78, 5) is 34.5. The first-order chi connectivity index (χ1) is 17.2. The molecule has 0 radical (unpaired) electrons. The Morgan fingerprint density at radius 1 is 1.00 bits per heavy atom. The summed E-state index contributed by atoms with van der Waals surface area (Å²) in [6.45, 7) is 1.78. The van der Waals surface area contributed by atoms with Crippen molar-refractivity contribution in [1.29, 1.82) is 5.41 Å². The summed E-state index contributed by atoms with van der Waals surface area (Å²) in [5.74, 6) is 0.254. The molecular formula is C27H27Cl2N5O2. The van der Waals surface area contributed by atoms with E-state index in [4.69, 9.17) is 28.6 Å². The van der Waals surface area contributed by atoms with Gasteiger partial charge in [0.2, 0.25) is 0 Å². The van der Waals surface area contributed by atoms with Crippen molar-refractivity contribution in [2.75, 3.05) is 37.4 Å². The summed E-state index contributed by atoms with van der Waals surface area (Å²) < 4.78 is 0. The largest absolute Gasteiger partial charge is 0.377 e. The molecule has 0 atom stereocenters. The molecule has 3 aromatic rings. The summed E-state index contributed by atoms with van der Waals surface area (Å²) in [6, 6.07) is 13.6. The van der Waals surface area contributed by atoms with Gasteiger partial charge in [0.15, 0.2) is 5.78 Å². The number of carbonyl (C=O) groups excluding carboxylic acids is 2. The number of pyridine rings is 1. The molecule has 1 fully saturated rings. The lowest BCUT2D eigenvalue weighted by atomic mass is 9.95. The zero-order chi connectivity index (χ0) is 25.8. The van der Waals surface area contributed by atoms with Crippen molar-refractivity contribution in [3.05, 3.63) is 87.0 Å². The van der Waals surface area contributed by atoms with Crippen molar-refractivity contribution < 1.29 is 9.59 Å². The Bertz CT molecular complexity index is 1280. The molecule has 1 aliphatic heterocycles. The number of hydrogen-bond donors (Lipinski definition) is 2. The third-order valence-corrected chi connectivity index (χ3v) is 6.57. The highest BCUT2D eigenvalue weighted by Crippen LogP contribution is 2.30. The molecule has 2 heterocycles. The Balaban J connectivity index is 1.60. The maximum Gasteiger partial charge on any atom is 0.257 e. The van der Waals surface area contributed by atoms with Gasteiger partial charge in [-0.15, -0.1) is 0 Å². The van der Waals surface area contributed by atoms with Crippen molar-refractivity contribution >= 4 is 52.2 Å². The maximum absolute atomic E-state index is 13.3. The van der Waals surface area contributed by atoms with Crippen LogP contribution in [0.5, 0.6) is 0 Å². The number of nitrogens with one attached hydrogen (secondary N) is 2. The number of aromatic nitrogens is 1. The molecule has 9 heteroatoms. The number of amides is 1. The fraction of sp³-hybridized carbons (Fsp3) is 0.259. The molecule has 0 unspecified atom stereocenters. The summed E-state index contributed by atoms with van der Waals surface area (Å²) >= 11 is 12.2. The molecule has 0 spiro atoms. The van der Waals surface area contributed by atoms with Crippen LogP contribution in [-0.4, -0.2) is 54.6 Å². The number of anilines is 2. The SMILES string of the molecule is CN(C)c1cc(Cl)cc(C(=O)Nc2ccc(Cl)cn2)c1CC(=O)c1ccc(C(=N)N2CCCC2)cc1. The number of likely N-dealkylation sites (tertiary alicyclic amines) is 1. The van der Waals surface area contributed by atoms with Gasteiger partial charge in [-0.05, 0) is 42.7 Å². The Hall–Kier alpha value is -3.42. The van der Waals surface area contributed by atoms with E-state index in [1.165, 1.54) is 6.20 Å². The first-order valence-electron chi connectivity index (χ1n) is 11.6. The molecule has 1 aliphatic rings. The van der Waals surface area contributed by atoms with Gasteiger partial charge in [0.05, 0.1) is 5.02 Å². The lowest BCUT2D eigenvalue weighted by Crippen LogP contribution is -2.27. The van der Waals surface area contributed by atoms with Gasteiger partial charge in [0.1, 0.15) is 11.7 Å². The third kappa shape index (κ3) is 5.86. The van der Waals surface area contributed by atoms with Crippen LogP contribution in [0.3, 0.4) is 0 Å². The fourth-order valence-corrected chi connectivity index (χ4v) is 4.57. The van der Waals surface area contributed by atoms with Gasteiger partial charge in [-0.2, -0.15) is 0 Å². The summed E-state index contributed by atoms with van der Waals surface area (Å²) in [7, 11) is 3.67. The monoisotopic (exact) mass is 523 g/mol. The Morgan fingerprint density at radius 3 is 2.28 bits per heavy atom. The molecular weight excluding hydrogens is 497 g/mol. The van der Waals surface area contributed by atoms with Crippen LogP contribution in [0, 0.1) is 5.41 Å². The van der Waals surface area contributed by atoms with Crippen LogP contribution in [0.15, 0.2) is 54.7 Å². The summed E-state index contributed by atoms with van der Waals surface area (Å²) in [5.41, 5.74) is 2.83. The smallest absolute Gasteiger partial charge is 0.257 e. The van der Waals surface area contributed by atoms with E-state index in [1.807, 2.05) is 36.0 Å². The maximum atomic E-state index is 13.3. The van der Waals surface area contributed by atoms with E-state index < -0.39 is 5.91 Å². The van der Waals surface area contributed by atoms with Crippen molar-refractivity contribution in [2.24, 2.45) is 0 Å². The molecule has 7 nitrogen and oxygen atoms in total. The van der Waals surface area contributed by atoms with Crippen molar-refractivity contribution in [3.63, 3.8) is 0 Å². The molecule has 1 aromatic heterocycles. The number of amidine groups is 1.